The van der Waals surface area contributed by atoms with E-state index in [2.05, 4.69) is 15.9 Å². The SMILES string of the molecule is CS[C@H]1O[C@@H](c2cc(CBr)c(F)cc2F)[C@H](OC(C)=O)[C@@H](OC(C)=O)[C@@H]1OC(C)=O. The minimum atomic E-state index is -1.35. The maximum atomic E-state index is 14.7. The zero-order valence-electron chi connectivity index (χ0n) is 16.6. The van der Waals surface area contributed by atoms with E-state index < -0.39 is 59.4 Å². The lowest BCUT2D eigenvalue weighted by atomic mass is 9.92. The van der Waals surface area contributed by atoms with Gasteiger partial charge in [-0.3, -0.25) is 14.4 Å². The van der Waals surface area contributed by atoms with Crippen LogP contribution < -0.4 is 0 Å². The van der Waals surface area contributed by atoms with E-state index in [9.17, 15) is 23.2 Å². The molecule has 1 fully saturated rings. The lowest BCUT2D eigenvalue weighted by molar-refractivity contribution is -0.233. The standard InChI is InChI=1S/C19H21BrF2O7S/c1-8(23)26-16-15(12-5-11(7-20)13(21)6-14(12)22)29-19(30-4)18(28-10(3)25)17(16)27-9(2)24/h5-6,15-19H,7H2,1-4H3/t15-,16-,17+,18-,19+/m0/s1. The summed E-state index contributed by atoms with van der Waals surface area (Å²) in [6.07, 6.45) is -3.34. The molecule has 5 atom stereocenters. The summed E-state index contributed by atoms with van der Waals surface area (Å²) in [5.41, 5.74) is -0.815. The maximum Gasteiger partial charge on any atom is 0.303 e. The van der Waals surface area contributed by atoms with Crippen LogP contribution in [0.15, 0.2) is 12.1 Å². The molecule has 2 rings (SSSR count). The summed E-state index contributed by atoms with van der Waals surface area (Å²) in [6, 6.07) is 1.95. The van der Waals surface area contributed by atoms with Crippen molar-refractivity contribution < 1.29 is 42.1 Å². The van der Waals surface area contributed by atoms with Crippen LogP contribution in [0.4, 0.5) is 8.78 Å². The van der Waals surface area contributed by atoms with E-state index in [0.717, 1.165) is 32.5 Å². The lowest BCUT2D eigenvalue weighted by Crippen LogP contribution is -2.57. The number of hydrogen-bond acceptors (Lipinski definition) is 8. The van der Waals surface area contributed by atoms with E-state index in [1.54, 1.807) is 6.26 Å². The van der Waals surface area contributed by atoms with E-state index in [1.165, 1.54) is 6.07 Å². The van der Waals surface area contributed by atoms with E-state index >= 15 is 0 Å². The first-order chi connectivity index (χ1) is 14.1. The molecular weight excluding hydrogens is 490 g/mol. The second-order valence-corrected chi connectivity index (χ2v) is 7.98. The molecule has 1 aliphatic heterocycles. The van der Waals surface area contributed by atoms with Crippen molar-refractivity contribution >= 4 is 45.6 Å². The minimum absolute atomic E-state index is 0.0884. The first-order valence-corrected chi connectivity index (χ1v) is 11.2. The number of alkyl halides is 1. The van der Waals surface area contributed by atoms with Crippen LogP contribution in [-0.2, 0) is 38.7 Å². The topological polar surface area (TPSA) is 88.1 Å². The van der Waals surface area contributed by atoms with Gasteiger partial charge in [0.25, 0.3) is 0 Å². The molecule has 1 heterocycles. The first kappa shape index (κ1) is 24.5. The molecule has 1 aromatic rings. The van der Waals surface area contributed by atoms with Gasteiger partial charge < -0.3 is 18.9 Å². The molecule has 0 spiro atoms. The Kier molecular flexibility index (Phi) is 8.62. The van der Waals surface area contributed by atoms with Crippen molar-refractivity contribution in [3.05, 3.63) is 34.9 Å². The van der Waals surface area contributed by atoms with Gasteiger partial charge in [0.2, 0.25) is 0 Å². The molecule has 11 heteroatoms. The fraction of sp³-hybridized carbons (Fsp3) is 0.526. The molecule has 1 aromatic carbocycles. The van der Waals surface area contributed by atoms with Gasteiger partial charge in [-0.2, -0.15) is 0 Å². The van der Waals surface area contributed by atoms with Crippen LogP contribution in [0.5, 0.6) is 0 Å². The van der Waals surface area contributed by atoms with Gasteiger partial charge >= 0.3 is 17.9 Å². The highest BCUT2D eigenvalue weighted by molar-refractivity contribution is 9.08. The second kappa shape index (κ2) is 10.5. The predicted molar refractivity (Wildman–Crippen MR) is 107 cm³/mol. The number of benzene rings is 1. The number of thioether (sulfide) groups is 1. The molecule has 0 amide bonds. The Balaban J connectivity index is 2.61. The van der Waals surface area contributed by atoms with Gasteiger partial charge in [0.05, 0.1) is 0 Å². The average molecular weight is 511 g/mol. The number of esters is 3. The molecule has 30 heavy (non-hydrogen) atoms. The van der Waals surface area contributed by atoms with Crippen molar-refractivity contribution in [2.75, 3.05) is 6.26 Å². The van der Waals surface area contributed by atoms with Gasteiger partial charge in [-0.05, 0) is 17.9 Å². The highest BCUT2D eigenvalue weighted by atomic mass is 79.9. The molecule has 1 saturated heterocycles. The number of carbonyl (C=O) groups excluding carboxylic acids is 3. The molecule has 0 aliphatic carbocycles. The Morgan fingerprint density at radius 2 is 1.50 bits per heavy atom. The minimum Gasteiger partial charge on any atom is -0.455 e. The molecular formula is C19H21BrF2O7S. The van der Waals surface area contributed by atoms with Gasteiger partial charge in [-0.1, -0.05) is 15.9 Å². The summed E-state index contributed by atoms with van der Waals surface area (Å²) in [7, 11) is 0. The van der Waals surface area contributed by atoms with Crippen molar-refractivity contribution in [1.29, 1.82) is 0 Å². The molecule has 0 radical (unpaired) electrons. The van der Waals surface area contributed by atoms with Crippen LogP contribution in [-0.4, -0.2) is 47.9 Å². The summed E-state index contributed by atoms with van der Waals surface area (Å²) in [5.74, 6) is -3.83. The summed E-state index contributed by atoms with van der Waals surface area (Å²) >= 11 is 4.26. The fourth-order valence-corrected chi connectivity index (χ4v) is 4.29. The Labute approximate surface area is 184 Å². The molecule has 1 aliphatic rings. The molecule has 0 bridgehead atoms. The van der Waals surface area contributed by atoms with E-state index in [1.807, 2.05) is 0 Å². The summed E-state index contributed by atoms with van der Waals surface area (Å²) in [6.45, 7) is 3.42. The van der Waals surface area contributed by atoms with Crippen molar-refractivity contribution in [3.8, 4) is 0 Å². The summed E-state index contributed by atoms with van der Waals surface area (Å²) in [5, 5.41) is 0.104. The van der Waals surface area contributed by atoms with Crippen molar-refractivity contribution in [2.45, 2.75) is 56.0 Å². The Hall–Kier alpha value is -1.72. The van der Waals surface area contributed by atoms with Crippen LogP contribution in [0.1, 0.15) is 38.0 Å². The third-order valence-electron chi connectivity index (χ3n) is 4.25. The van der Waals surface area contributed by atoms with Crippen LogP contribution in [0.25, 0.3) is 0 Å². The smallest absolute Gasteiger partial charge is 0.303 e. The zero-order chi connectivity index (χ0) is 22.6. The predicted octanol–water partition coefficient (Wildman–Crippen LogP) is 3.42. The number of ether oxygens (including phenoxy) is 4. The van der Waals surface area contributed by atoms with Crippen molar-refractivity contribution in [2.24, 2.45) is 0 Å². The fourth-order valence-electron chi connectivity index (χ4n) is 3.15. The quantitative estimate of drug-likeness (QED) is 0.326. The Bertz CT molecular complexity index is 822. The van der Waals surface area contributed by atoms with E-state index in [4.69, 9.17) is 18.9 Å². The zero-order valence-corrected chi connectivity index (χ0v) is 19.1. The van der Waals surface area contributed by atoms with Gasteiger partial charge in [0.1, 0.15) is 23.2 Å². The molecule has 0 aromatic heterocycles. The molecule has 166 valence electrons. The number of halogens is 3. The Morgan fingerprint density at radius 1 is 0.967 bits per heavy atom. The summed E-state index contributed by atoms with van der Waals surface area (Å²) in [4.78, 5) is 35.1. The molecule has 7 nitrogen and oxygen atoms in total. The van der Waals surface area contributed by atoms with E-state index in [-0.39, 0.29) is 16.5 Å². The van der Waals surface area contributed by atoms with Crippen LogP contribution in [0, 0.1) is 11.6 Å². The van der Waals surface area contributed by atoms with Gasteiger partial charge in [0, 0.05) is 37.7 Å². The highest BCUT2D eigenvalue weighted by Crippen LogP contribution is 2.41. The lowest BCUT2D eigenvalue weighted by Gasteiger charge is -2.44. The molecule has 0 unspecified atom stereocenters. The van der Waals surface area contributed by atoms with Gasteiger partial charge in [-0.25, -0.2) is 8.78 Å². The van der Waals surface area contributed by atoms with Crippen LogP contribution in [0.2, 0.25) is 0 Å². The van der Waals surface area contributed by atoms with Crippen LogP contribution in [0.3, 0.4) is 0 Å². The monoisotopic (exact) mass is 510 g/mol. The van der Waals surface area contributed by atoms with Crippen molar-refractivity contribution in [1.82, 2.24) is 0 Å². The van der Waals surface area contributed by atoms with Crippen molar-refractivity contribution in [3.63, 3.8) is 0 Å². The third-order valence-corrected chi connectivity index (χ3v) is 5.70. The first-order valence-electron chi connectivity index (χ1n) is 8.82. The normalized spacial score (nSPS) is 26.0. The number of rotatable bonds is 6. The van der Waals surface area contributed by atoms with Gasteiger partial charge in [-0.15, -0.1) is 11.8 Å². The Morgan fingerprint density at radius 3 is 2.00 bits per heavy atom. The highest BCUT2D eigenvalue weighted by Gasteiger charge is 2.52. The molecule has 0 N–H and O–H groups in total. The average Bonchev–Trinajstić information content (AvgIpc) is 2.64. The second-order valence-electron chi connectivity index (χ2n) is 6.48. The molecule has 0 saturated carbocycles. The maximum absolute atomic E-state index is 14.7. The van der Waals surface area contributed by atoms with Crippen LogP contribution >= 0.6 is 27.7 Å². The van der Waals surface area contributed by atoms with Gasteiger partial charge in [0.15, 0.2) is 18.3 Å². The van der Waals surface area contributed by atoms with E-state index in [0.29, 0.717) is 6.07 Å². The largest absolute Gasteiger partial charge is 0.455 e. The number of carbonyl (C=O) groups is 3. The number of hydrogen-bond donors (Lipinski definition) is 0. The summed E-state index contributed by atoms with van der Waals surface area (Å²) < 4.78 is 50.5. The third kappa shape index (κ3) is 5.70.